The molecule has 2 aromatic rings. The monoisotopic (exact) mass is 406 g/mol. The van der Waals surface area contributed by atoms with Crippen LogP contribution in [0, 0.1) is 0 Å². The molecule has 0 bridgehead atoms. The Hall–Kier alpha value is -2.30. The molecule has 1 saturated heterocycles. The molecule has 2 fully saturated rings. The molecule has 2 heterocycles. The Kier molecular flexibility index (Phi) is 5.42. The van der Waals surface area contributed by atoms with Crippen molar-refractivity contribution in [2.45, 2.75) is 49.2 Å². The van der Waals surface area contributed by atoms with Crippen LogP contribution in [0.25, 0.3) is 0 Å². The highest BCUT2D eigenvalue weighted by Gasteiger charge is 2.28. The van der Waals surface area contributed by atoms with Crippen molar-refractivity contribution in [3.05, 3.63) is 41.5 Å². The first-order valence-electron chi connectivity index (χ1n) is 9.31. The van der Waals surface area contributed by atoms with Crippen molar-refractivity contribution in [1.82, 2.24) is 19.9 Å². The number of nitrogens with one attached hydrogen (secondary N) is 2. The quantitative estimate of drug-likeness (QED) is 0.637. The molecule has 150 valence electrons. The van der Waals surface area contributed by atoms with Gasteiger partial charge in [0.25, 0.3) is 0 Å². The largest absolute Gasteiger partial charge is 0.454 e. The summed E-state index contributed by atoms with van der Waals surface area (Å²) in [6.45, 7) is 0.896. The summed E-state index contributed by atoms with van der Waals surface area (Å²) in [4.78, 5) is 16.6. The summed E-state index contributed by atoms with van der Waals surface area (Å²) < 4.78 is 37.9. The lowest BCUT2D eigenvalue weighted by Gasteiger charge is -2.11. The van der Waals surface area contributed by atoms with Crippen LogP contribution in [0.4, 0.5) is 0 Å². The molecule has 1 saturated carbocycles. The van der Waals surface area contributed by atoms with Gasteiger partial charge >= 0.3 is 5.97 Å². The highest BCUT2D eigenvalue weighted by Crippen LogP contribution is 2.37. The molecule has 4 rings (SSSR count). The minimum atomic E-state index is -3.65. The minimum absolute atomic E-state index is 0.0124. The van der Waals surface area contributed by atoms with Crippen molar-refractivity contribution in [2.24, 2.45) is 0 Å². The zero-order valence-electron chi connectivity index (χ0n) is 15.3. The molecule has 1 aliphatic heterocycles. The number of aromatic nitrogens is 3. The van der Waals surface area contributed by atoms with Crippen molar-refractivity contribution in [2.75, 3.05) is 13.2 Å². The number of benzene rings is 1. The lowest BCUT2D eigenvalue weighted by molar-refractivity contribution is 0.0462. The maximum Gasteiger partial charge on any atom is 0.338 e. The molecule has 28 heavy (non-hydrogen) atoms. The molecule has 0 amide bonds. The van der Waals surface area contributed by atoms with Crippen LogP contribution >= 0.6 is 0 Å². The fourth-order valence-electron chi connectivity index (χ4n) is 2.98. The van der Waals surface area contributed by atoms with Crippen LogP contribution in [0.1, 0.15) is 53.6 Å². The number of esters is 1. The number of ether oxygens (including phenoxy) is 2. The Labute approximate surface area is 162 Å². The second-order valence-corrected chi connectivity index (χ2v) is 8.77. The number of carbonyl (C=O) groups excluding carboxylic acids is 1. The van der Waals surface area contributed by atoms with E-state index in [0.29, 0.717) is 18.3 Å². The van der Waals surface area contributed by atoms with Crippen LogP contribution < -0.4 is 4.72 Å². The second-order valence-electron chi connectivity index (χ2n) is 7.00. The summed E-state index contributed by atoms with van der Waals surface area (Å²) in [6, 6.07) is 5.63. The van der Waals surface area contributed by atoms with Crippen LogP contribution in [-0.2, 0) is 26.1 Å². The lowest BCUT2D eigenvalue weighted by Crippen LogP contribution is -2.31. The molecule has 1 atom stereocenters. The number of hydrogen-bond donors (Lipinski definition) is 2. The summed E-state index contributed by atoms with van der Waals surface area (Å²) in [7, 11) is -3.65. The third kappa shape index (κ3) is 4.57. The molecule has 9 nitrogen and oxygen atoms in total. The van der Waals surface area contributed by atoms with Gasteiger partial charge in [-0.3, -0.25) is 5.10 Å². The van der Waals surface area contributed by atoms with Crippen LogP contribution in [0.15, 0.2) is 29.2 Å². The SMILES string of the molecule is O=C(OCc1nc(C2CC2)n[nH]1)c1ccc(S(=O)(=O)NCC2CCCO2)cc1. The van der Waals surface area contributed by atoms with E-state index in [4.69, 9.17) is 9.47 Å². The first kappa shape index (κ1) is 19.0. The molecular formula is C18H22N4O5S. The lowest BCUT2D eigenvalue weighted by atomic mass is 10.2. The maximum absolute atomic E-state index is 12.3. The van der Waals surface area contributed by atoms with Crippen LogP contribution in [-0.4, -0.2) is 48.8 Å². The van der Waals surface area contributed by atoms with E-state index in [1.807, 2.05) is 0 Å². The van der Waals surface area contributed by atoms with Gasteiger partial charge in [0.1, 0.15) is 0 Å². The molecule has 1 aliphatic carbocycles. The van der Waals surface area contributed by atoms with Crippen molar-refractivity contribution in [3.8, 4) is 0 Å². The second kappa shape index (κ2) is 7.98. The van der Waals surface area contributed by atoms with Gasteiger partial charge in [-0.15, -0.1) is 0 Å². The molecule has 1 aromatic heterocycles. The van der Waals surface area contributed by atoms with Gasteiger partial charge in [-0.2, -0.15) is 5.10 Å². The summed E-state index contributed by atoms with van der Waals surface area (Å²) in [5.41, 5.74) is 0.264. The molecule has 1 aromatic carbocycles. The van der Waals surface area contributed by atoms with E-state index in [-0.39, 0.29) is 29.7 Å². The Morgan fingerprint density at radius 1 is 1.25 bits per heavy atom. The molecule has 1 unspecified atom stereocenters. The minimum Gasteiger partial charge on any atom is -0.454 e. The van der Waals surface area contributed by atoms with Gasteiger partial charge in [-0.05, 0) is 49.9 Å². The molecule has 0 spiro atoms. The zero-order valence-corrected chi connectivity index (χ0v) is 16.1. The van der Waals surface area contributed by atoms with Gasteiger partial charge in [0.15, 0.2) is 18.3 Å². The van der Waals surface area contributed by atoms with Crippen molar-refractivity contribution < 1.29 is 22.7 Å². The Balaban J connectivity index is 1.31. The third-order valence-electron chi connectivity index (χ3n) is 4.76. The van der Waals surface area contributed by atoms with Gasteiger partial charge in [0.05, 0.1) is 16.6 Å². The average molecular weight is 406 g/mol. The van der Waals surface area contributed by atoms with E-state index >= 15 is 0 Å². The van der Waals surface area contributed by atoms with E-state index < -0.39 is 16.0 Å². The number of aromatic amines is 1. The number of nitrogens with zero attached hydrogens (tertiary/aromatic N) is 2. The van der Waals surface area contributed by atoms with Crippen molar-refractivity contribution in [3.63, 3.8) is 0 Å². The predicted octanol–water partition coefficient (Wildman–Crippen LogP) is 1.50. The predicted molar refractivity (Wildman–Crippen MR) is 98.1 cm³/mol. The van der Waals surface area contributed by atoms with Crippen LogP contribution in [0.5, 0.6) is 0 Å². The van der Waals surface area contributed by atoms with E-state index in [9.17, 15) is 13.2 Å². The first-order valence-corrected chi connectivity index (χ1v) is 10.8. The Bertz CT molecular complexity index is 931. The van der Waals surface area contributed by atoms with Gasteiger partial charge in [0, 0.05) is 19.1 Å². The van der Waals surface area contributed by atoms with E-state index in [1.165, 1.54) is 24.3 Å². The maximum atomic E-state index is 12.3. The summed E-state index contributed by atoms with van der Waals surface area (Å²) in [6.07, 6.45) is 3.89. The summed E-state index contributed by atoms with van der Waals surface area (Å²) in [5, 5.41) is 6.87. The summed E-state index contributed by atoms with van der Waals surface area (Å²) in [5.74, 6) is 1.12. The summed E-state index contributed by atoms with van der Waals surface area (Å²) >= 11 is 0. The van der Waals surface area contributed by atoms with Crippen LogP contribution in [0.3, 0.4) is 0 Å². The third-order valence-corrected chi connectivity index (χ3v) is 6.20. The fourth-order valence-corrected chi connectivity index (χ4v) is 4.04. The molecule has 10 heteroatoms. The van der Waals surface area contributed by atoms with Gasteiger partial charge in [-0.25, -0.2) is 22.9 Å². The standard InChI is InChI=1S/C18H22N4O5S/c23-18(27-11-16-20-17(22-21-16)12-3-4-12)13-5-7-15(8-6-13)28(24,25)19-10-14-2-1-9-26-14/h5-8,12,14,19H,1-4,9-11H2,(H,20,21,22). The average Bonchev–Trinajstić information content (AvgIpc) is 3.21. The Morgan fingerprint density at radius 2 is 2.04 bits per heavy atom. The van der Waals surface area contributed by atoms with E-state index in [2.05, 4.69) is 19.9 Å². The highest BCUT2D eigenvalue weighted by molar-refractivity contribution is 7.89. The number of rotatable bonds is 8. The van der Waals surface area contributed by atoms with Crippen molar-refractivity contribution >= 4 is 16.0 Å². The smallest absolute Gasteiger partial charge is 0.338 e. The molecular weight excluding hydrogens is 384 g/mol. The highest BCUT2D eigenvalue weighted by atomic mass is 32.2. The molecule has 0 radical (unpaired) electrons. The first-order chi connectivity index (χ1) is 13.5. The number of sulfonamides is 1. The van der Waals surface area contributed by atoms with E-state index in [0.717, 1.165) is 31.5 Å². The molecule has 2 N–H and O–H groups in total. The topological polar surface area (TPSA) is 123 Å². The normalized spacial score (nSPS) is 19.6. The van der Waals surface area contributed by atoms with Gasteiger partial charge < -0.3 is 9.47 Å². The fraction of sp³-hybridized carbons (Fsp3) is 0.500. The van der Waals surface area contributed by atoms with E-state index in [1.54, 1.807) is 0 Å². The van der Waals surface area contributed by atoms with Crippen molar-refractivity contribution in [1.29, 1.82) is 0 Å². The van der Waals surface area contributed by atoms with Gasteiger partial charge in [-0.1, -0.05) is 0 Å². The molecule has 2 aliphatic rings. The number of carbonyl (C=O) groups is 1. The Morgan fingerprint density at radius 3 is 2.71 bits per heavy atom. The van der Waals surface area contributed by atoms with Crippen LogP contribution in [0.2, 0.25) is 0 Å². The van der Waals surface area contributed by atoms with Gasteiger partial charge in [0.2, 0.25) is 10.0 Å². The number of H-pyrrole nitrogens is 1. The number of hydrogen-bond acceptors (Lipinski definition) is 7. The zero-order chi connectivity index (χ0) is 19.6.